The van der Waals surface area contributed by atoms with Gasteiger partial charge in [-0.3, -0.25) is 9.59 Å². The van der Waals surface area contributed by atoms with Gasteiger partial charge in [0.25, 0.3) is 0 Å². The van der Waals surface area contributed by atoms with Crippen molar-refractivity contribution < 1.29 is 14.7 Å². The van der Waals surface area contributed by atoms with E-state index in [1.807, 2.05) is 6.92 Å². The molecule has 102 valence electrons. The van der Waals surface area contributed by atoms with Gasteiger partial charge in [-0.05, 0) is 12.5 Å². The minimum Gasteiger partial charge on any atom is -0.507 e. The molecule has 20 heavy (non-hydrogen) atoms. The second-order valence-electron chi connectivity index (χ2n) is 4.77. The smallest absolute Gasteiger partial charge is 0.194 e. The second-order valence-corrected chi connectivity index (χ2v) is 4.77. The van der Waals surface area contributed by atoms with Gasteiger partial charge in [-0.1, -0.05) is 31.2 Å². The number of benzene rings is 1. The first-order valence-electron chi connectivity index (χ1n) is 6.40. The zero-order valence-corrected chi connectivity index (χ0v) is 11.3. The minimum atomic E-state index is -0.304. The van der Waals surface area contributed by atoms with Crippen LogP contribution in [0.4, 0.5) is 0 Å². The van der Waals surface area contributed by atoms with Gasteiger partial charge in [0.1, 0.15) is 5.75 Å². The molecule has 1 N–H and O–H groups in total. The van der Waals surface area contributed by atoms with Crippen molar-refractivity contribution in [1.82, 2.24) is 0 Å². The quantitative estimate of drug-likeness (QED) is 0.851. The minimum absolute atomic E-state index is 0.0920. The summed E-state index contributed by atoms with van der Waals surface area (Å²) >= 11 is 0. The van der Waals surface area contributed by atoms with Crippen molar-refractivity contribution in [1.29, 1.82) is 0 Å². The molecule has 3 nitrogen and oxygen atoms in total. The number of phenolic OH excluding ortho intramolecular Hbond substituents is 1. The number of carbonyl (C=O) groups excluding carboxylic acids is 2. The Hall–Kier alpha value is -2.42. The van der Waals surface area contributed by atoms with Gasteiger partial charge in [-0.25, -0.2) is 0 Å². The molecule has 0 saturated heterocycles. The highest BCUT2D eigenvalue weighted by molar-refractivity contribution is 6.28. The van der Waals surface area contributed by atoms with Crippen LogP contribution in [-0.2, 0) is 0 Å². The molecule has 0 amide bonds. The van der Waals surface area contributed by atoms with Crippen LogP contribution in [0.1, 0.15) is 34.1 Å². The van der Waals surface area contributed by atoms with Crippen LogP contribution < -0.4 is 0 Å². The predicted octanol–water partition coefficient (Wildman–Crippen LogP) is 3.47. The molecule has 0 radical (unpaired) electrons. The summed E-state index contributed by atoms with van der Waals surface area (Å²) in [6.45, 7) is 9.14. The number of rotatable bonds is 4. The number of ketones is 2. The molecule has 0 heterocycles. The summed E-state index contributed by atoms with van der Waals surface area (Å²) in [5, 5.41) is 9.87. The van der Waals surface area contributed by atoms with Gasteiger partial charge in [0.05, 0.1) is 5.56 Å². The van der Waals surface area contributed by atoms with Gasteiger partial charge in [0, 0.05) is 22.6 Å². The average molecular weight is 268 g/mol. The van der Waals surface area contributed by atoms with Crippen molar-refractivity contribution in [2.45, 2.75) is 13.3 Å². The van der Waals surface area contributed by atoms with E-state index >= 15 is 0 Å². The molecule has 1 aromatic carbocycles. The van der Waals surface area contributed by atoms with Crippen LogP contribution in [0.15, 0.2) is 54.7 Å². The van der Waals surface area contributed by atoms with Crippen molar-refractivity contribution in [3.63, 3.8) is 0 Å². The maximum atomic E-state index is 12.6. The third-order valence-corrected chi connectivity index (χ3v) is 3.52. The lowest BCUT2D eigenvalue weighted by Gasteiger charge is -2.23. The standard InChI is InChI=1S/C17H16O3/c1-4-7-11-14(10(3)5-2)16(19)12-8-6-9-13(18)15(12)17(11)20/h4-6,8-10,18H,1-2,7H2,3H3. The maximum Gasteiger partial charge on any atom is 0.194 e. The highest BCUT2D eigenvalue weighted by atomic mass is 16.3. The van der Waals surface area contributed by atoms with E-state index in [0.29, 0.717) is 17.6 Å². The Morgan fingerprint density at radius 1 is 1.25 bits per heavy atom. The first-order valence-corrected chi connectivity index (χ1v) is 6.40. The summed E-state index contributed by atoms with van der Waals surface area (Å²) in [5.74, 6) is -0.911. The zero-order valence-electron chi connectivity index (χ0n) is 11.3. The van der Waals surface area contributed by atoms with Crippen molar-refractivity contribution in [3.8, 4) is 5.75 Å². The van der Waals surface area contributed by atoms with E-state index in [0.717, 1.165) is 0 Å². The molecule has 0 aromatic heterocycles. The van der Waals surface area contributed by atoms with Crippen LogP contribution in [0.5, 0.6) is 5.75 Å². The fourth-order valence-corrected chi connectivity index (χ4v) is 2.47. The summed E-state index contributed by atoms with van der Waals surface area (Å²) in [7, 11) is 0. The summed E-state index contributed by atoms with van der Waals surface area (Å²) in [5.41, 5.74) is 1.19. The number of phenols is 1. The third kappa shape index (κ3) is 2.01. The fourth-order valence-electron chi connectivity index (χ4n) is 2.47. The van der Waals surface area contributed by atoms with Crippen LogP contribution in [0, 0.1) is 5.92 Å². The van der Waals surface area contributed by atoms with E-state index in [-0.39, 0.29) is 34.4 Å². The largest absolute Gasteiger partial charge is 0.507 e. The zero-order chi connectivity index (χ0) is 14.9. The van der Waals surface area contributed by atoms with Gasteiger partial charge in [-0.15, -0.1) is 13.2 Å². The van der Waals surface area contributed by atoms with Crippen LogP contribution in [0.3, 0.4) is 0 Å². The Bertz CT molecular complexity index is 650. The topological polar surface area (TPSA) is 54.4 Å². The highest BCUT2D eigenvalue weighted by Gasteiger charge is 2.34. The molecule has 1 unspecified atom stereocenters. The van der Waals surface area contributed by atoms with Crippen LogP contribution in [0.25, 0.3) is 0 Å². The van der Waals surface area contributed by atoms with Crippen LogP contribution >= 0.6 is 0 Å². The Morgan fingerprint density at radius 2 is 1.95 bits per heavy atom. The number of hydrogen-bond acceptors (Lipinski definition) is 3. The lowest BCUT2D eigenvalue weighted by molar-refractivity contribution is 0.0964. The molecule has 0 spiro atoms. The molecule has 0 aliphatic heterocycles. The van der Waals surface area contributed by atoms with Crippen molar-refractivity contribution in [2.75, 3.05) is 0 Å². The fraction of sp³-hybridized carbons (Fsp3) is 0.176. The number of fused-ring (bicyclic) bond motifs is 1. The molecule has 1 aliphatic rings. The lowest BCUT2D eigenvalue weighted by atomic mass is 9.78. The molecule has 1 atom stereocenters. The summed E-state index contributed by atoms with van der Waals surface area (Å²) in [6.07, 6.45) is 3.52. The molecule has 2 rings (SSSR count). The van der Waals surface area contributed by atoms with Crippen molar-refractivity contribution in [3.05, 3.63) is 65.8 Å². The number of allylic oxidation sites excluding steroid dienone is 4. The normalized spacial score (nSPS) is 15.8. The van der Waals surface area contributed by atoms with Crippen molar-refractivity contribution >= 4 is 11.6 Å². The Morgan fingerprint density at radius 3 is 2.55 bits per heavy atom. The number of Topliss-reactive ketones (excluding diaryl/α,β-unsaturated/α-hetero) is 2. The summed E-state index contributed by atoms with van der Waals surface area (Å²) in [4.78, 5) is 25.1. The number of hydrogen-bond donors (Lipinski definition) is 1. The molecular weight excluding hydrogens is 252 g/mol. The number of aromatic hydroxyl groups is 1. The van der Waals surface area contributed by atoms with E-state index in [2.05, 4.69) is 13.2 Å². The maximum absolute atomic E-state index is 12.6. The van der Waals surface area contributed by atoms with E-state index in [4.69, 9.17) is 0 Å². The molecular formula is C17H16O3. The van der Waals surface area contributed by atoms with Gasteiger partial charge in [0.15, 0.2) is 11.6 Å². The number of carbonyl (C=O) groups is 2. The van der Waals surface area contributed by atoms with E-state index in [9.17, 15) is 14.7 Å². The SMILES string of the molecule is C=CCC1=C(C(C)C=C)C(=O)c2cccc(O)c2C1=O. The summed E-state index contributed by atoms with van der Waals surface area (Å²) < 4.78 is 0. The summed E-state index contributed by atoms with van der Waals surface area (Å²) in [6, 6.07) is 4.54. The molecule has 0 bridgehead atoms. The van der Waals surface area contributed by atoms with Gasteiger partial charge >= 0.3 is 0 Å². The third-order valence-electron chi connectivity index (χ3n) is 3.52. The van der Waals surface area contributed by atoms with E-state index in [1.165, 1.54) is 6.07 Å². The van der Waals surface area contributed by atoms with Crippen molar-refractivity contribution in [2.24, 2.45) is 5.92 Å². The molecule has 0 saturated carbocycles. The highest BCUT2D eigenvalue weighted by Crippen LogP contribution is 2.36. The Balaban J connectivity index is 2.74. The molecule has 0 fully saturated rings. The van der Waals surface area contributed by atoms with E-state index in [1.54, 1.807) is 24.3 Å². The average Bonchev–Trinajstić information content (AvgIpc) is 2.44. The van der Waals surface area contributed by atoms with E-state index < -0.39 is 0 Å². The van der Waals surface area contributed by atoms with Crippen LogP contribution in [0.2, 0.25) is 0 Å². The first kappa shape index (κ1) is 14.0. The predicted molar refractivity (Wildman–Crippen MR) is 78.0 cm³/mol. The second kappa shape index (κ2) is 5.29. The lowest BCUT2D eigenvalue weighted by Crippen LogP contribution is -2.25. The molecule has 3 heteroatoms. The van der Waals surface area contributed by atoms with Gasteiger partial charge < -0.3 is 5.11 Å². The molecule has 1 aromatic rings. The monoisotopic (exact) mass is 268 g/mol. The first-order chi connectivity index (χ1) is 9.52. The molecule has 1 aliphatic carbocycles. The Labute approximate surface area is 117 Å². The van der Waals surface area contributed by atoms with Crippen LogP contribution in [-0.4, -0.2) is 16.7 Å². The van der Waals surface area contributed by atoms with Gasteiger partial charge in [-0.2, -0.15) is 0 Å². The Kier molecular flexibility index (Phi) is 3.70. The van der Waals surface area contributed by atoms with Gasteiger partial charge in [0.2, 0.25) is 0 Å².